The molecule has 0 radical (unpaired) electrons. The van der Waals surface area contributed by atoms with Crippen LogP contribution < -0.4 is 4.90 Å². The van der Waals surface area contributed by atoms with Gasteiger partial charge in [0, 0.05) is 51.9 Å². The third-order valence-electron chi connectivity index (χ3n) is 6.29. The van der Waals surface area contributed by atoms with Crippen LogP contribution in [-0.4, -0.2) is 68.2 Å². The molecule has 1 fully saturated rings. The van der Waals surface area contributed by atoms with Crippen LogP contribution in [0.4, 0.5) is 18.7 Å². The van der Waals surface area contributed by atoms with Crippen molar-refractivity contribution in [3.8, 4) is 11.4 Å². The van der Waals surface area contributed by atoms with Crippen molar-refractivity contribution in [2.45, 2.75) is 26.0 Å². The van der Waals surface area contributed by atoms with E-state index in [1.54, 1.807) is 22.0 Å². The van der Waals surface area contributed by atoms with Crippen molar-refractivity contribution in [1.29, 1.82) is 0 Å². The van der Waals surface area contributed by atoms with Crippen molar-refractivity contribution >= 4 is 28.7 Å². The van der Waals surface area contributed by atoms with Crippen molar-refractivity contribution in [2.24, 2.45) is 12.1 Å². The van der Waals surface area contributed by atoms with E-state index in [9.17, 15) is 18.7 Å². The zero-order valence-electron chi connectivity index (χ0n) is 19.4. The number of aliphatic hydroxyl groups is 1. The van der Waals surface area contributed by atoms with E-state index in [1.807, 2.05) is 14.0 Å². The number of hydrogen-bond acceptors (Lipinski definition) is 7. The van der Waals surface area contributed by atoms with Crippen molar-refractivity contribution < 1.29 is 18.7 Å². The number of aryl methyl sites for hydroxylation is 2. The third-order valence-corrected chi connectivity index (χ3v) is 7.39. The predicted octanol–water partition coefficient (Wildman–Crippen LogP) is 3.30. The fraction of sp³-hybridized carbons (Fsp3) is 0.391. The Labute approximate surface area is 204 Å². The van der Waals surface area contributed by atoms with Crippen LogP contribution in [0.3, 0.4) is 0 Å². The highest BCUT2D eigenvalue weighted by atomic mass is 32.1. The molecule has 1 atom stereocenters. The minimum absolute atomic E-state index is 0.120. The molecule has 1 saturated heterocycles. The summed E-state index contributed by atoms with van der Waals surface area (Å²) < 4.78 is 29.2. The van der Waals surface area contributed by atoms with Crippen LogP contribution in [0.15, 0.2) is 29.5 Å². The molecule has 12 heteroatoms. The first-order valence-electron chi connectivity index (χ1n) is 11.3. The normalized spacial score (nSPS) is 18.1. The Morgan fingerprint density at radius 3 is 2.51 bits per heavy atom. The van der Waals surface area contributed by atoms with E-state index in [1.165, 1.54) is 28.5 Å². The first kappa shape index (κ1) is 23.4. The summed E-state index contributed by atoms with van der Waals surface area (Å²) in [7, 11) is 1.85. The van der Waals surface area contributed by atoms with Crippen LogP contribution in [0.25, 0.3) is 11.4 Å². The van der Waals surface area contributed by atoms with Gasteiger partial charge in [-0.3, -0.25) is 4.68 Å². The lowest BCUT2D eigenvalue weighted by Gasteiger charge is -2.37. The molecular weight excluding hydrogens is 476 g/mol. The quantitative estimate of drug-likeness (QED) is 0.593. The molecule has 2 aliphatic heterocycles. The lowest BCUT2D eigenvalue weighted by Crippen LogP contribution is -2.52. The summed E-state index contributed by atoms with van der Waals surface area (Å²) in [6, 6.07) is 2.45. The van der Waals surface area contributed by atoms with Gasteiger partial charge in [0.1, 0.15) is 17.3 Å². The number of nitrogens with zero attached hydrogens (tertiary/aromatic N) is 7. The van der Waals surface area contributed by atoms with E-state index in [0.717, 1.165) is 33.0 Å². The van der Waals surface area contributed by atoms with Crippen molar-refractivity contribution in [3.63, 3.8) is 0 Å². The second-order valence-corrected chi connectivity index (χ2v) is 9.64. The van der Waals surface area contributed by atoms with E-state index in [2.05, 4.69) is 15.1 Å². The maximum absolute atomic E-state index is 13.7. The Hall–Kier alpha value is -3.38. The van der Waals surface area contributed by atoms with Gasteiger partial charge in [-0.15, -0.1) is 0 Å². The Kier molecular flexibility index (Phi) is 6.24. The number of carbonyl (C=O) groups is 1. The standard InChI is InChI=1S/C23H25F2N7O2S/c1-14-12-27-29(2)21(14)20-19(13-33)35-22(28-20)30-5-7-31(8-6-30)23(34)32-18(3-4-26-32)15-9-16(24)11-17(25)10-15/h4,9-12,18,33H,3,5-8,13H2,1-2H3. The van der Waals surface area contributed by atoms with Gasteiger partial charge < -0.3 is 14.9 Å². The molecule has 5 rings (SSSR count). The van der Waals surface area contributed by atoms with Crippen LogP contribution in [0.5, 0.6) is 0 Å². The Bertz CT molecular complexity index is 1240. The Morgan fingerprint density at radius 1 is 1.17 bits per heavy atom. The van der Waals surface area contributed by atoms with E-state index in [4.69, 9.17) is 4.98 Å². The molecule has 1 aromatic carbocycles. The number of aromatic nitrogens is 3. The highest BCUT2D eigenvalue weighted by Crippen LogP contribution is 2.35. The van der Waals surface area contributed by atoms with Crippen LogP contribution in [-0.2, 0) is 13.7 Å². The fourth-order valence-corrected chi connectivity index (χ4v) is 5.50. The summed E-state index contributed by atoms with van der Waals surface area (Å²) in [6.07, 6.45) is 3.76. The van der Waals surface area contributed by atoms with Crippen LogP contribution >= 0.6 is 11.3 Å². The average molecular weight is 502 g/mol. The number of anilines is 1. The van der Waals surface area contributed by atoms with Gasteiger partial charge in [-0.2, -0.15) is 10.2 Å². The predicted molar refractivity (Wildman–Crippen MR) is 128 cm³/mol. The van der Waals surface area contributed by atoms with Crippen LogP contribution in [0, 0.1) is 18.6 Å². The number of aliphatic hydroxyl groups excluding tert-OH is 1. The molecule has 2 amide bonds. The number of rotatable bonds is 4. The number of benzene rings is 1. The highest BCUT2D eigenvalue weighted by molar-refractivity contribution is 7.16. The molecule has 1 N–H and O–H groups in total. The summed E-state index contributed by atoms with van der Waals surface area (Å²) in [5.74, 6) is -1.36. The molecule has 0 bridgehead atoms. The SMILES string of the molecule is Cc1cnn(C)c1-c1nc(N2CCN(C(=O)N3N=CCC3c3cc(F)cc(F)c3)CC2)sc1CO. The molecule has 0 saturated carbocycles. The van der Waals surface area contributed by atoms with E-state index >= 15 is 0 Å². The summed E-state index contributed by atoms with van der Waals surface area (Å²) in [5, 5.41) is 20.5. The molecule has 2 aromatic heterocycles. The number of urea groups is 1. The van der Waals surface area contributed by atoms with Gasteiger partial charge in [-0.25, -0.2) is 23.6 Å². The van der Waals surface area contributed by atoms with Gasteiger partial charge in [0.05, 0.1) is 29.4 Å². The van der Waals surface area contributed by atoms with E-state index in [-0.39, 0.29) is 12.6 Å². The molecule has 3 aromatic rings. The number of carbonyl (C=O) groups excluding carboxylic acids is 1. The lowest BCUT2D eigenvalue weighted by molar-refractivity contribution is 0.139. The molecule has 1 unspecified atom stereocenters. The number of hydrazone groups is 1. The van der Waals surface area contributed by atoms with Gasteiger partial charge >= 0.3 is 6.03 Å². The van der Waals surface area contributed by atoms with Gasteiger partial charge in [-0.05, 0) is 30.2 Å². The second kappa shape index (κ2) is 9.34. The highest BCUT2D eigenvalue weighted by Gasteiger charge is 2.34. The van der Waals surface area contributed by atoms with E-state index in [0.29, 0.717) is 38.2 Å². The summed E-state index contributed by atoms with van der Waals surface area (Å²) in [6.45, 7) is 3.85. The van der Waals surface area contributed by atoms with E-state index < -0.39 is 17.7 Å². The van der Waals surface area contributed by atoms with Crippen LogP contribution in [0.2, 0.25) is 0 Å². The number of amides is 2. The minimum Gasteiger partial charge on any atom is -0.391 e. The van der Waals surface area contributed by atoms with Gasteiger partial charge in [0.2, 0.25) is 0 Å². The van der Waals surface area contributed by atoms with Gasteiger partial charge in [0.25, 0.3) is 0 Å². The number of piperazine rings is 1. The van der Waals surface area contributed by atoms with Crippen molar-refractivity contribution in [2.75, 3.05) is 31.1 Å². The van der Waals surface area contributed by atoms with Crippen molar-refractivity contribution in [3.05, 3.63) is 52.0 Å². The largest absolute Gasteiger partial charge is 0.391 e. The molecule has 0 spiro atoms. The first-order valence-corrected chi connectivity index (χ1v) is 12.1. The monoisotopic (exact) mass is 501 g/mol. The zero-order valence-corrected chi connectivity index (χ0v) is 20.2. The van der Waals surface area contributed by atoms with Gasteiger partial charge in [0.15, 0.2) is 5.13 Å². The maximum atomic E-state index is 13.7. The zero-order chi connectivity index (χ0) is 24.7. The molecular formula is C23H25F2N7O2S. The number of thiazole rings is 1. The molecule has 2 aliphatic rings. The summed E-state index contributed by atoms with van der Waals surface area (Å²) >= 11 is 1.43. The molecule has 4 heterocycles. The number of hydrogen-bond donors (Lipinski definition) is 1. The Morgan fingerprint density at radius 2 is 1.89 bits per heavy atom. The molecule has 184 valence electrons. The maximum Gasteiger partial charge on any atom is 0.341 e. The number of halogens is 2. The van der Waals surface area contributed by atoms with Gasteiger partial charge in [-0.1, -0.05) is 11.3 Å². The lowest BCUT2D eigenvalue weighted by atomic mass is 10.0. The fourth-order valence-electron chi connectivity index (χ4n) is 4.53. The summed E-state index contributed by atoms with van der Waals surface area (Å²) in [4.78, 5) is 22.6. The third kappa shape index (κ3) is 4.39. The van der Waals surface area contributed by atoms with Crippen molar-refractivity contribution in [1.82, 2.24) is 24.7 Å². The molecule has 0 aliphatic carbocycles. The molecule has 9 nitrogen and oxygen atoms in total. The second-order valence-electron chi connectivity index (χ2n) is 8.58. The first-order chi connectivity index (χ1) is 16.9. The minimum atomic E-state index is -0.681. The smallest absolute Gasteiger partial charge is 0.341 e. The average Bonchev–Trinajstić information content (AvgIpc) is 3.56. The summed E-state index contributed by atoms with van der Waals surface area (Å²) in [5.41, 5.74) is 2.95. The topological polar surface area (TPSA) is 90.1 Å². The Balaban J connectivity index is 1.28. The van der Waals surface area contributed by atoms with Crippen LogP contribution in [0.1, 0.15) is 28.5 Å². The molecule has 35 heavy (non-hydrogen) atoms.